The Morgan fingerprint density at radius 1 is 1.10 bits per heavy atom. The van der Waals surface area contributed by atoms with Gasteiger partial charge in [-0.2, -0.15) is 0 Å². The molecule has 1 fully saturated rings. The van der Waals surface area contributed by atoms with Crippen LogP contribution in [0.4, 0.5) is 5.69 Å². The molecule has 5 heteroatoms. The Hall–Kier alpha value is -1.46. The lowest BCUT2D eigenvalue weighted by molar-refractivity contribution is -0.384. The molecule has 20 heavy (non-hydrogen) atoms. The molecule has 0 radical (unpaired) electrons. The van der Waals surface area contributed by atoms with Crippen LogP contribution >= 0.6 is 0 Å². The molecule has 2 rings (SSSR count). The maximum absolute atomic E-state index is 10.7. The van der Waals surface area contributed by atoms with E-state index in [1.165, 1.54) is 0 Å². The number of rotatable bonds is 4. The normalized spacial score (nSPS) is 30.6. The van der Waals surface area contributed by atoms with Crippen LogP contribution in [0.15, 0.2) is 24.3 Å². The molecule has 0 bridgehead atoms. The smallest absolute Gasteiger partial charge is 0.269 e. The van der Waals surface area contributed by atoms with Crippen LogP contribution in [0.5, 0.6) is 0 Å². The van der Waals surface area contributed by atoms with Crippen LogP contribution in [0.3, 0.4) is 0 Å². The minimum atomic E-state index is -0.369. The van der Waals surface area contributed by atoms with Crippen molar-refractivity contribution in [3.05, 3.63) is 39.9 Å². The lowest BCUT2D eigenvalue weighted by atomic mass is 9.77. The summed E-state index contributed by atoms with van der Waals surface area (Å²) in [7, 11) is 0. The topological polar surface area (TPSA) is 67.2 Å². The second kappa shape index (κ2) is 5.14. The summed E-state index contributed by atoms with van der Waals surface area (Å²) in [4.78, 5) is 10.3. The number of hydrogen-bond acceptors (Lipinski definition) is 4. The maximum Gasteiger partial charge on any atom is 0.269 e. The fourth-order valence-corrected chi connectivity index (χ4v) is 2.93. The number of hydrogen-bond donors (Lipinski definition) is 2. The van der Waals surface area contributed by atoms with Crippen molar-refractivity contribution in [2.75, 3.05) is 0 Å². The molecule has 1 aliphatic rings. The van der Waals surface area contributed by atoms with Crippen LogP contribution in [-0.4, -0.2) is 16.0 Å². The first-order valence-electron chi connectivity index (χ1n) is 7.15. The Kier molecular flexibility index (Phi) is 3.84. The van der Waals surface area contributed by atoms with E-state index < -0.39 is 0 Å². The third-order valence-electron chi connectivity index (χ3n) is 5.00. The highest BCUT2D eigenvalue weighted by Crippen LogP contribution is 2.38. The summed E-state index contributed by atoms with van der Waals surface area (Å²) in [5.41, 5.74) is 1.18. The lowest BCUT2D eigenvalue weighted by Gasteiger charge is -2.39. The Bertz CT molecular complexity index is 484. The van der Waals surface area contributed by atoms with Crippen molar-refractivity contribution in [1.82, 2.24) is 10.6 Å². The van der Waals surface area contributed by atoms with E-state index >= 15 is 0 Å². The average Bonchev–Trinajstić information content (AvgIpc) is 2.72. The standard InChI is InChI=1S/C15H23N3O2/c1-5-14(3)15(4,6-2)17-13(16-14)11-7-9-12(10-8-11)18(19)20/h7-10,13,16-17H,5-6H2,1-4H3/t14-,15-/m1/s1. The highest BCUT2D eigenvalue weighted by Gasteiger charge is 2.49. The van der Waals surface area contributed by atoms with E-state index in [-0.39, 0.29) is 27.9 Å². The van der Waals surface area contributed by atoms with Crippen LogP contribution in [-0.2, 0) is 0 Å². The van der Waals surface area contributed by atoms with Gasteiger partial charge >= 0.3 is 0 Å². The van der Waals surface area contributed by atoms with Crippen molar-refractivity contribution in [2.45, 2.75) is 57.8 Å². The van der Waals surface area contributed by atoms with E-state index in [4.69, 9.17) is 0 Å². The quantitative estimate of drug-likeness (QED) is 0.655. The Morgan fingerprint density at radius 3 is 1.90 bits per heavy atom. The Labute approximate surface area is 119 Å². The Morgan fingerprint density at radius 2 is 1.55 bits per heavy atom. The third kappa shape index (κ3) is 2.31. The molecule has 0 saturated carbocycles. The number of nitrogens with one attached hydrogen (secondary N) is 2. The van der Waals surface area contributed by atoms with Crippen molar-refractivity contribution in [1.29, 1.82) is 0 Å². The molecule has 5 nitrogen and oxygen atoms in total. The van der Waals surface area contributed by atoms with E-state index in [0.29, 0.717) is 0 Å². The number of non-ortho nitro benzene ring substituents is 1. The van der Waals surface area contributed by atoms with Crippen molar-refractivity contribution >= 4 is 5.69 Å². The van der Waals surface area contributed by atoms with Gasteiger partial charge in [-0.1, -0.05) is 13.8 Å². The van der Waals surface area contributed by atoms with Crippen LogP contribution in [0, 0.1) is 10.1 Å². The maximum atomic E-state index is 10.7. The highest BCUT2D eigenvalue weighted by molar-refractivity contribution is 5.35. The molecule has 1 aromatic rings. The second-order valence-electron chi connectivity index (χ2n) is 5.94. The van der Waals surface area contributed by atoms with Gasteiger partial charge in [0, 0.05) is 23.2 Å². The van der Waals surface area contributed by atoms with Crippen molar-refractivity contribution in [3.63, 3.8) is 0 Å². The van der Waals surface area contributed by atoms with Gasteiger partial charge in [-0.3, -0.25) is 20.7 Å². The molecule has 0 unspecified atom stereocenters. The molecular weight excluding hydrogens is 254 g/mol. The number of nitrogens with zero attached hydrogens (tertiary/aromatic N) is 1. The number of nitro benzene ring substituents is 1. The molecule has 0 aromatic heterocycles. The summed E-state index contributed by atoms with van der Waals surface area (Å²) in [6, 6.07) is 6.76. The third-order valence-corrected chi connectivity index (χ3v) is 5.00. The summed E-state index contributed by atoms with van der Waals surface area (Å²) < 4.78 is 0. The highest BCUT2D eigenvalue weighted by atomic mass is 16.6. The van der Waals surface area contributed by atoms with E-state index in [1.54, 1.807) is 12.1 Å². The summed E-state index contributed by atoms with van der Waals surface area (Å²) in [6.07, 6.45) is 2.08. The summed E-state index contributed by atoms with van der Waals surface area (Å²) >= 11 is 0. The van der Waals surface area contributed by atoms with Crippen LogP contribution in [0.1, 0.15) is 52.3 Å². The van der Waals surface area contributed by atoms with Crippen molar-refractivity contribution in [2.24, 2.45) is 0 Å². The zero-order chi connectivity index (χ0) is 15.0. The van der Waals surface area contributed by atoms with Crippen molar-refractivity contribution in [3.8, 4) is 0 Å². The monoisotopic (exact) mass is 277 g/mol. The molecule has 1 aliphatic heterocycles. The largest absolute Gasteiger partial charge is 0.291 e. The van der Waals surface area contributed by atoms with Gasteiger partial charge in [0.15, 0.2) is 0 Å². The first-order valence-corrected chi connectivity index (χ1v) is 7.15. The molecule has 1 heterocycles. The molecule has 2 atom stereocenters. The van der Waals surface area contributed by atoms with Crippen LogP contribution < -0.4 is 10.6 Å². The number of benzene rings is 1. The minimum Gasteiger partial charge on any atom is -0.291 e. The fourth-order valence-electron chi connectivity index (χ4n) is 2.93. The van der Waals surface area contributed by atoms with Gasteiger partial charge in [0.25, 0.3) is 5.69 Å². The zero-order valence-electron chi connectivity index (χ0n) is 12.6. The predicted molar refractivity (Wildman–Crippen MR) is 79.5 cm³/mol. The van der Waals surface area contributed by atoms with Gasteiger partial charge in [-0.15, -0.1) is 0 Å². The fraction of sp³-hybridized carbons (Fsp3) is 0.600. The Balaban J connectivity index is 2.25. The van der Waals surface area contributed by atoms with Crippen LogP contribution in [0.2, 0.25) is 0 Å². The molecule has 1 saturated heterocycles. The predicted octanol–water partition coefficient (Wildman–Crippen LogP) is 3.12. The van der Waals surface area contributed by atoms with Gasteiger partial charge < -0.3 is 0 Å². The molecule has 110 valence electrons. The van der Waals surface area contributed by atoms with E-state index in [9.17, 15) is 10.1 Å². The van der Waals surface area contributed by atoms with Gasteiger partial charge in [0.05, 0.1) is 11.1 Å². The summed E-state index contributed by atoms with van der Waals surface area (Å²) in [5.74, 6) is 0. The minimum absolute atomic E-state index is 0.00813. The molecule has 0 spiro atoms. The number of nitro groups is 1. The molecule has 1 aromatic carbocycles. The van der Waals surface area contributed by atoms with Gasteiger partial charge in [0.2, 0.25) is 0 Å². The molecule has 0 amide bonds. The molecular formula is C15H23N3O2. The zero-order valence-corrected chi connectivity index (χ0v) is 12.6. The lowest BCUT2D eigenvalue weighted by Crippen LogP contribution is -2.55. The molecule has 0 aliphatic carbocycles. The first kappa shape index (κ1) is 14.9. The van der Waals surface area contributed by atoms with Crippen molar-refractivity contribution < 1.29 is 4.92 Å². The SMILES string of the molecule is CC[C@@]1(C)NC(c2ccc([N+](=O)[O-])cc2)N[C@]1(C)CC. The van der Waals surface area contributed by atoms with E-state index in [1.807, 2.05) is 12.1 Å². The average molecular weight is 277 g/mol. The van der Waals surface area contributed by atoms with Gasteiger partial charge in [0.1, 0.15) is 0 Å². The second-order valence-corrected chi connectivity index (χ2v) is 5.94. The van der Waals surface area contributed by atoms with E-state index in [2.05, 4.69) is 38.3 Å². The summed E-state index contributed by atoms with van der Waals surface area (Å²) in [5, 5.41) is 18.0. The van der Waals surface area contributed by atoms with Gasteiger partial charge in [-0.05, 0) is 44.4 Å². The van der Waals surface area contributed by atoms with Gasteiger partial charge in [-0.25, -0.2) is 0 Å². The summed E-state index contributed by atoms with van der Waals surface area (Å²) in [6.45, 7) is 8.82. The van der Waals surface area contributed by atoms with Crippen LogP contribution in [0.25, 0.3) is 0 Å². The first-order chi connectivity index (χ1) is 9.35. The van der Waals surface area contributed by atoms with E-state index in [0.717, 1.165) is 18.4 Å². The molecule has 2 N–H and O–H groups in total.